The Balaban J connectivity index is 1.85. The second-order valence-electron chi connectivity index (χ2n) is 5.59. The Hall–Kier alpha value is -0.450. The molecule has 0 amide bonds. The molecule has 2 rings (SSSR count). The van der Waals surface area contributed by atoms with Gasteiger partial charge in [-0.1, -0.05) is 6.92 Å². The maximum absolute atomic E-state index is 4.53. The van der Waals surface area contributed by atoms with Gasteiger partial charge in [-0.05, 0) is 45.3 Å². The van der Waals surface area contributed by atoms with Gasteiger partial charge in [0.1, 0.15) is 0 Å². The molecule has 0 radical (unpaired) electrons. The molecule has 17 heavy (non-hydrogen) atoms. The first-order valence-corrected chi connectivity index (χ1v) is 7.26. The smallest absolute Gasteiger partial charge is 0.0897 e. The Kier molecular flexibility index (Phi) is 4.17. The van der Waals surface area contributed by atoms with Crippen molar-refractivity contribution in [3.05, 3.63) is 16.1 Å². The predicted molar refractivity (Wildman–Crippen MR) is 73.4 cm³/mol. The number of rotatable bonds is 4. The van der Waals surface area contributed by atoms with Crippen molar-refractivity contribution in [3.63, 3.8) is 0 Å². The average molecular weight is 253 g/mol. The van der Waals surface area contributed by atoms with Gasteiger partial charge in [0.05, 0.1) is 10.7 Å². The van der Waals surface area contributed by atoms with Crippen LogP contribution < -0.4 is 5.32 Å². The minimum Gasteiger partial charge on any atom is -0.317 e. The molecule has 1 N–H and O–H groups in total. The number of piperidine rings is 1. The van der Waals surface area contributed by atoms with E-state index in [0.29, 0.717) is 5.41 Å². The van der Waals surface area contributed by atoms with Gasteiger partial charge in [0.2, 0.25) is 0 Å². The summed E-state index contributed by atoms with van der Waals surface area (Å²) < 4.78 is 0. The van der Waals surface area contributed by atoms with Gasteiger partial charge in [0.15, 0.2) is 0 Å². The highest BCUT2D eigenvalue weighted by Gasteiger charge is 2.27. The first-order valence-electron chi connectivity index (χ1n) is 6.38. The average Bonchev–Trinajstić information content (AvgIpc) is 2.63. The quantitative estimate of drug-likeness (QED) is 0.892. The van der Waals surface area contributed by atoms with Crippen LogP contribution in [0.4, 0.5) is 0 Å². The lowest BCUT2D eigenvalue weighted by Crippen LogP contribution is -2.41. The number of nitrogens with one attached hydrogen (secondary N) is 1. The lowest BCUT2D eigenvalue weighted by atomic mass is 9.80. The molecule has 0 bridgehead atoms. The van der Waals surface area contributed by atoms with Crippen molar-refractivity contribution < 1.29 is 0 Å². The molecule has 1 fully saturated rings. The van der Waals surface area contributed by atoms with Crippen LogP contribution in [0.15, 0.2) is 5.38 Å². The molecule has 0 spiro atoms. The summed E-state index contributed by atoms with van der Waals surface area (Å²) >= 11 is 1.74. The molecule has 0 atom stereocenters. The lowest BCUT2D eigenvalue weighted by molar-refractivity contribution is 0.142. The number of aromatic nitrogens is 1. The fourth-order valence-electron chi connectivity index (χ4n) is 2.65. The molecule has 2 heterocycles. The van der Waals surface area contributed by atoms with Crippen LogP contribution in [0, 0.1) is 12.3 Å². The van der Waals surface area contributed by atoms with Crippen LogP contribution in [0.2, 0.25) is 0 Å². The number of nitrogens with zero attached hydrogens (tertiary/aromatic N) is 2. The first-order chi connectivity index (χ1) is 8.07. The second-order valence-corrected chi connectivity index (χ2v) is 6.65. The van der Waals surface area contributed by atoms with E-state index in [0.717, 1.165) is 6.54 Å². The van der Waals surface area contributed by atoms with Crippen LogP contribution >= 0.6 is 11.3 Å². The third-order valence-corrected chi connectivity index (χ3v) is 4.38. The standard InChI is InChI=1S/C13H23N3S/c1-11-15-12(9-17-11)8-16(3)10-13(2)4-6-14-7-5-13/h9,14H,4-8,10H2,1-3H3. The molecular formula is C13H23N3S. The minimum atomic E-state index is 0.477. The molecule has 4 heteroatoms. The van der Waals surface area contributed by atoms with Crippen LogP contribution in [-0.2, 0) is 6.54 Å². The van der Waals surface area contributed by atoms with Crippen LogP contribution in [0.3, 0.4) is 0 Å². The lowest BCUT2D eigenvalue weighted by Gasteiger charge is -2.37. The summed E-state index contributed by atoms with van der Waals surface area (Å²) in [5.74, 6) is 0. The van der Waals surface area contributed by atoms with Crippen LogP contribution in [0.5, 0.6) is 0 Å². The summed E-state index contributed by atoms with van der Waals surface area (Å²) in [4.78, 5) is 6.95. The summed E-state index contributed by atoms with van der Waals surface area (Å²) in [5, 5.41) is 6.78. The molecule has 96 valence electrons. The van der Waals surface area contributed by atoms with Crippen molar-refractivity contribution in [1.82, 2.24) is 15.2 Å². The van der Waals surface area contributed by atoms with Gasteiger partial charge in [0.25, 0.3) is 0 Å². The highest BCUT2D eigenvalue weighted by Crippen LogP contribution is 2.29. The second kappa shape index (κ2) is 5.46. The Labute approximate surface area is 108 Å². The Morgan fingerprint density at radius 1 is 1.47 bits per heavy atom. The molecule has 3 nitrogen and oxygen atoms in total. The first kappa shape index (κ1) is 13.0. The molecule has 1 aliphatic heterocycles. The molecule has 1 aromatic rings. The van der Waals surface area contributed by atoms with Crippen LogP contribution in [0.1, 0.15) is 30.5 Å². The zero-order valence-electron chi connectivity index (χ0n) is 11.1. The predicted octanol–water partition coefficient (Wildman–Crippen LogP) is 2.27. The Bertz CT molecular complexity index is 355. The summed E-state index contributed by atoms with van der Waals surface area (Å²) in [6.07, 6.45) is 2.57. The van der Waals surface area contributed by atoms with E-state index in [9.17, 15) is 0 Å². The molecule has 1 saturated heterocycles. The topological polar surface area (TPSA) is 28.2 Å². The van der Waals surface area contributed by atoms with Gasteiger partial charge in [-0.15, -0.1) is 11.3 Å². The van der Waals surface area contributed by atoms with E-state index in [2.05, 4.69) is 41.5 Å². The van der Waals surface area contributed by atoms with Gasteiger partial charge in [-0.25, -0.2) is 4.98 Å². The van der Waals surface area contributed by atoms with Crippen molar-refractivity contribution in [2.24, 2.45) is 5.41 Å². The molecule has 0 unspecified atom stereocenters. The van der Waals surface area contributed by atoms with E-state index in [1.807, 2.05) is 0 Å². The third kappa shape index (κ3) is 3.76. The molecule has 1 aliphatic rings. The Morgan fingerprint density at radius 3 is 2.76 bits per heavy atom. The van der Waals surface area contributed by atoms with E-state index in [4.69, 9.17) is 0 Å². The maximum Gasteiger partial charge on any atom is 0.0897 e. The van der Waals surface area contributed by atoms with E-state index < -0.39 is 0 Å². The molecule has 0 saturated carbocycles. The van der Waals surface area contributed by atoms with Gasteiger partial charge in [0, 0.05) is 18.5 Å². The molecule has 0 aliphatic carbocycles. The summed E-state index contributed by atoms with van der Waals surface area (Å²) in [7, 11) is 2.21. The van der Waals surface area contributed by atoms with Crippen LogP contribution in [0.25, 0.3) is 0 Å². The maximum atomic E-state index is 4.53. The van der Waals surface area contributed by atoms with Gasteiger partial charge in [-0.3, -0.25) is 4.90 Å². The highest BCUT2D eigenvalue weighted by molar-refractivity contribution is 7.09. The summed E-state index contributed by atoms with van der Waals surface area (Å²) in [6, 6.07) is 0. The Morgan fingerprint density at radius 2 is 2.18 bits per heavy atom. The van der Waals surface area contributed by atoms with Crippen molar-refractivity contribution in [2.75, 3.05) is 26.7 Å². The number of aryl methyl sites for hydroxylation is 1. The summed E-state index contributed by atoms with van der Waals surface area (Å²) in [6.45, 7) is 8.97. The van der Waals surface area contributed by atoms with Crippen molar-refractivity contribution in [2.45, 2.75) is 33.2 Å². The largest absolute Gasteiger partial charge is 0.317 e. The highest BCUT2D eigenvalue weighted by atomic mass is 32.1. The number of thiazole rings is 1. The normalized spacial score (nSPS) is 19.8. The van der Waals surface area contributed by atoms with Crippen molar-refractivity contribution in [3.8, 4) is 0 Å². The number of hydrogen-bond acceptors (Lipinski definition) is 4. The van der Waals surface area contributed by atoms with E-state index in [1.165, 1.54) is 43.2 Å². The molecule has 0 aromatic carbocycles. The van der Waals surface area contributed by atoms with E-state index in [-0.39, 0.29) is 0 Å². The fourth-order valence-corrected chi connectivity index (χ4v) is 3.26. The van der Waals surface area contributed by atoms with Crippen molar-refractivity contribution in [1.29, 1.82) is 0 Å². The SMILES string of the molecule is Cc1nc(CN(C)CC2(C)CCNCC2)cs1. The van der Waals surface area contributed by atoms with Crippen molar-refractivity contribution >= 4 is 11.3 Å². The zero-order valence-corrected chi connectivity index (χ0v) is 11.9. The third-order valence-electron chi connectivity index (χ3n) is 3.56. The van der Waals surface area contributed by atoms with E-state index >= 15 is 0 Å². The fraction of sp³-hybridized carbons (Fsp3) is 0.769. The number of hydrogen-bond donors (Lipinski definition) is 1. The minimum absolute atomic E-state index is 0.477. The van der Waals surface area contributed by atoms with Crippen LogP contribution in [-0.4, -0.2) is 36.6 Å². The molecular weight excluding hydrogens is 230 g/mol. The zero-order chi connectivity index (χ0) is 12.3. The van der Waals surface area contributed by atoms with E-state index in [1.54, 1.807) is 11.3 Å². The van der Waals surface area contributed by atoms with Gasteiger partial charge < -0.3 is 5.32 Å². The van der Waals surface area contributed by atoms with Gasteiger partial charge in [-0.2, -0.15) is 0 Å². The monoisotopic (exact) mass is 253 g/mol. The molecule has 1 aromatic heterocycles. The van der Waals surface area contributed by atoms with Gasteiger partial charge >= 0.3 is 0 Å². The summed E-state index contributed by atoms with van der Waals surface area (Å²) in [5.41, 5.74) is 1.69.